The third kappa shape index (κ3) is 8.52. The first-order chi connectivity index (χ1) is 7.41. The molecular formula is C7H11N5O4. The number of rotatable bonds is 1. The molecule has 0 heterocycles. The molecule has 0 aliphatic rings. The van der Waals surface area contributed by atoms with Crippen molar-refractivity contribution in [1.29, 1.82) is 5.41 Å². The smallest absolute Gasteiger partial charge is 0.232 e. The van der Waals surface area contributed by atoms with Crippen molar-refractivity contribution in [3.63, 3.8) is 0 Å². The van der Waals surface area contributed by atoms with Gasteiger partial charge in [-0.2, -0.15) is 0 Å². The zero-order valence-electron chi connectivity index (χ0n) is 8.02. The topological polar surface area (TPSA) is 159 Å². The Morgan fingerprint density at radius 3 is 2.00 bits per heavy atom. The van der Waals surface area contributed by atoms with Gasteiger partial charge in [0.15, 0.2) is 0 Å². The molecule has 1 rings (SSSR count). The zero-order chi connectivity index (χ0) is 12.6. The lowest BCUT2D eigenvalue weighted by Gasteiger charge is -1.91. The van der Waals surface area contributed by atoms with Gasteiger partial charge in [0, 0.05) is 0 Å². The van der Waals surface area contributed by atoms with Gasteiger partial charge >= 0.3 is 0 Å². The minimum atomic E-state index is -1.00. The van der Waals surface area contributed by atoms with Crippen LogP contribution in [0, 0.1) is 5.41 Å². The molecule has 0 aliphatic heterocycles. The highest BCUT2D eigenvalue weighted by molar-refractivity contribution is 5.74. The first kappa shape index (κ1) is 13.9. The summed E-state index contributed by atoms with van der Waals surface area (Å²) < 4.78 is 0. The number of guanidine groups is 1. The standard InChI is InChI=1S/C7H8N4O.H3NO3/c8-7(9)11-10-5-1-3-6(12)4-2-5;2-1(3)4/h1-4,12H,(H3,8,9);2-4H. The number of nitrogens with zero attached hydrogens (tertiary/aromatic N) is 3. The number of hydrogen-bond acceptors (Lipinski definition) is 7. The maximum absolute atomic E-state index is 8.89. The van der Waals surface area contributed by atoms with Crippen LogP contribution in [0.2, 0.25) is 0 Å². The molecule has 0 fully saturated rings. The SMILES string of the molecule is N=C(N)N=Nc1ccc(O)cc1.ON(O)O. The number of phenols is 1. The average Bonchev–Trinajstić information content (AvgIpc) is 2.16. The monoisotopic (exact) mass is 229 g/mol. The molecule has 0 aliphatic carbocycles. The second-order valence-corrected chi connectivity index (χ2v) is 2.37. The maximum Gasteiger partial charge on any atom is 0.232 e. The Morgan fingerprint density at radius 2 is 1.62 bits per heavy atom. The fraction of sp³-hybridized carbons (Fsp3) is 0. The van der Waals surface area contributed by atoms with Crippen molar-refractivity contribution in [2.75, 3.05) is 0 Å². The number of benzene rings is 1. The Kier molecular flexibility index (Phi) is 6.31. The first-order valence-electron chi connectivity index (χ1n) is 3.83. The highest BCUT2D eigenvalue weighted by Crippen LogP contribution is 2.16. The van der Waals surface area contributed by atoms with Crippen molar-refractivity contribution in [3.8, 4) is 5.75 Å². The van der Waals surface area contributed by atoms with E-state index in [2.05, 4.69) is 10.2 Å². The summed E-state index contributed by atoms with van der Waals surface area (Å²) in [5, 5.41) is 42.6. The predicted molar refractivity (Wildman–Crippen MR) is 51.7 cm³/mol. The van der Waals surface area contributed by atoms with Gasteiger partial charge in [-0.25, -0.2) is 0 Å². The summed E-state index contributed by atoms with van der Waals surface area (Å²) in [4.78, 5) is 0. The van der Waals surface area contributed by atoms with Crippen LogP contribution in [0.4, 0.5) is 5.69 Å². The van der Waals surface area contributed by atoms with E-state index in [9.17, 15) is 0 Å². The molecule has 9 nitrogen and oxygen atoms in total. The summed E-state index contributed by atoms with van der Waals surface area (Å²) >= 11 is 0. The second-order valence-electron chi connectivity index (χ2n) is 2.37. The fourth-order valence-corrected chi connectivity index (χ4v) is 0.631. The third-order valence-electron chi connectivity index (χ3n) is 1.12. The van der Waals surface area contributed by atoms with Gasteiger partial charge in [0.2, 0.25) is 5.96 Å². The van der Waals surface area contributed by atoms with Crippen LogP contribution in [0.15, 0.2) is 34.5 Å². The van der Waals surface area contributed by atoms with Crippen molar-refractivity contribution in [2.45, 2.75) is 0 Å². The van der Waals surface area contributed by atoms with E-state index in [1.54, 1.807) is 12.1 Å². The average molecular weight is 229 g/mol. The highest BCUT2D eigenvalue weighted by Gasteiger charge is 1.89. The molecule has 0 spiro atoms. The largest absolute Gasteiger partial charge is 0.508 e. The molecule has 1 aromatic rings. The zero-order valence-corrected chi connectivity index (χ0v) is 8.02. The van der Waals surface area contributed by atoms with E-state index in [4.69, 9.17) is 31.9 Å². The van der Waals surface area contributed by atoms with Gasteiger partial charge < -0.3 is 10.8 Å². The summed E-state index contributed by atoms with van der Waals surface area (Å²) in [6.45, 7) is 0. The van der Waals surface area contributed by atoms with Crippen LogP contribution < -0.4 is 5.73 Å². The van der Waals surface area contributed by atoms with Crippen molar-refractivity contribution >= 4 is 11.6 Å². The molecule has 0 saturated heterocycles. The van der Waals surface area contributed by atoms with Crippen LogP contribution in [-0.4, -0.2) is 32.1 Å². The van der Waals surface area contributed by atoms with Gasteiger partial charge in [-0.05, 0) is 24.3 Å². The van der Waals surface area contributed by atoms with E-state index in [1.165, 1.54) is 12.1 Å². The molecule has 0 unspecified atom stereocenters. The number of aromatic hydroxyl groups is 1. The number of hydrogen-bond donors (Lipinski definition) is 6. The Labute approximate surface area is 90.1 Å². The normalized spacial score (nSPS) is 10.0. The van der Waals surface area contributed by atoms with Gasteiger partial charge in [0.25, 0.3) is 0 Å². The molecule has 16 heavy (non-hydrogen) atoms. The number of nitrogens with one attached hydrogen (secondary N) is 1. The van der Waals surface area contributed by atoms with Gasteiger partial charge in [-0.1, -0.05) is 0 Å². The van der Waals surface area contributed by atoms with Gasteiger partial charge in [0.05, 0.1) is 11.1 Å². The van der Waals surface area contributed by atoms with Crippen molar-refractivity contribution in [1.82, 2.24) is 5.39 Å². The van der Waals surface area contributed by atoms with E-state index in [0.29, 0.717) is 5.69 Å². The van der Waals surface area contributed by atoms with Gasteiger partial charge in [-0.15, -0.1) is 10.2 Å². The Hall–Kier alpha value is -2.07. The molecule has 7 N–H and O–H groups in total. The quantitative estimate of drug-likeness (QED) is 0.181. The van der Waals surface area contributed by atoms with Crippen LogP contribution in [0.25, 0.3) is 0 Å². The van der Waals surface area contributed by atoms with Crippen LogP contribution >= 0.6 is 0 Å². The molecule has 0 radical (unpaired) electrons. The fourth-order valence-electron chi connectivity index (χ4n) is 0.631. The molecule has 0 atom stereocenters. The first-order valence-corrected chi connectivity index (χ1v) is 3.83. The van der Waals surface area contributed by atoms with Crippen LogP contribution in [-0.2, 0) is 0 Å². The van der Waals surface area contributed by atoms with E-state index < -0.39 is 5.39 Å². The number of azo groups is 1. The van der Waals surface area contributed by atoms with Crippen LogP contribution in [0.5, 0.6) is 5.75 Å². The predicted octanol–water partition coefficient (Wildman–Crippen LogP) is 0.825. The number of phenolic OH excluding ortho intramolecular Hbond substituents is 1. The van der Waals surface area contributed by atoms with Crippen LogP contribution in [0.1, 0.15) is 0 Å². The molecule has 88 valence electrons. The molecule has 0 saturated carbocycles. The summed E-state index contributed by atoms with van der Waals surface area (Å²) in [6.07, 6.45) is 0. The second kappa shape index (κ2) is 7.25. The van der Waals surface area contributed by atoms with Crippen molar-refractivity contribution in [2.24, 2.45) is 16.0 Å². The lowest BCUT2D eigenvalue weighted by molar-refractivity contribution is -0.472. The van der Waals surface area contributed by atoms with Crippen molar-refractivity contribution in [3.05, 3.63) is 24.3 Å². The van der Waals surface area contributed by atoms with Gasteiger partial charge in [-0.3, -0.25) is 21.0 Å². The van der Waals surface area contributed by atoms with E-state index in [-0.39, 0.29) is 11.7 Å². The summed E-state index contributed by atoms with van der Waals surface area (Å²) in [5.74, 6) is -0.181. The van der Waals surface area contributed by atoms with E-state index in [0.717, 1.165) is 0 Å². The Morgan fingerprint density at radius 1 is 1.19 bits per heavy atom. The minimum Gasteiger partial charge on any atom is -0.508 e. The molecule has 0 aromatic heterocycles. The molecule has 1 aromatic carbocycles. The molecule has 9 heteroatoms. The number of nitrogens with two attached hydrogens (primary N) is 1. The van der Waals surface area contributed by atoms with E-state index in [1.807, 2.05) is 0 Å². The van der Waals surface area contributed by atoms with Crippen LogP contribution in [0.3, 0.4) is 0 Å². The van der Waals surface area contributed by atoms with Gasteiger partial charge in [0.1, 0.15) is 5.75 Å². The van der Waals surface area contributed by atoms with E-state index >= 15 is 0 Å². The summed E-state index contributed by atoms with van der Waals surface area (Å²) in [6, 6.07) is 6.10. The Bertz CT molecular complexity index is 348. The summed E-state index contributed by atoms with van der Waals surface area (Å²) in [5.41, 5.74) is 5.49. The molecule has 0 bridgehead atoms. The third-order valence-corrected chi connectivity index (χ3v) is 1.12. The highest BCUT2D eigenvalue weighted by atomic mass is 17.0. The lowest BCUT2D eigenvalue weighted by atomic mass is 10.3. The maximum atomic E-state index is 8.89. The van der Waals surface area contributed by atoms with Crippen molar-refractivity contribution < 1.29 is 20.7 Å². The minimum absolute atomic E-state index is 0.164. The molecule has 0 amide bonds. The lowest BCUT2D eigenvalue weighted by Crippen LogP contribution is -2.04. The molecular weight excluding hydrogens is 218 g/mol. The Balaban J connectivity index is 0.000000487. The summed E-state index contributed by atoms with van der Waals surface area (Å²) in [7, 11) is 0.